The van der Waals surface area contributed by atoms with E-state index in [2.05, 4.69) is 21.5 Å². The molecule has 9 heteroatoms. The first-order valence-electron chi connectivity index (χ1n) is 9.23. The van der Waals surface area contributed by atoms with Gasteiger partial charge in [0.25, 0.3) is 0 Å². The maximum atomic E-state index is 12.4. The van der Waals surface area contributed by atoms with E-state index < -0.39 is 11.5 Å². The molecule has 0 saturated carbocycles. The number of carbonyl (C=O) groups is 2. The molecule has 1 aliphatic rings. The second-order valence-corrected chi connectivity index (χ2v) is 7.91. The fourth-order valence-electron chi connectivity index (χ4n) is 2.78. The predicted octanol–water partition coefficient (Wildman–Crippen LogP) is 2.53. The second kappa shape index (κ2) is 10.5. The first-order chi connectivity index (χ1) is 14.0. The summed E-state index contributed by atoms with van der Waals surface area (Å²) in [7, 11) is 0. The number of benzene rings is 2. The van der Waals surface area contributed by atoms with Crippen molar-refractivity contribution in [1.82, 2.24) is 16.2 Å². The summed E-state index contributed by atoms with van der Waals surface area (Å²) in [5.41, 5.74) is 7.32. The van der Waals surface area contributed by atoms with Crippen molar-refractivity contribution in [3.63, 3.8) is 0 Å². The number of hydrazine groups is 1. The zero-order valence-corrected chi connectivity index (χ0v) is 17.5. The van der Waals surface area contributed by atoms with Crippen molar-refractivity contribution < 1.29 is 14.3 Å². The summed E-state index contributed by atoms with van der Waals surface area (Å²) >= 11 is 7.19. The number of rotatable bonds is 8. The lowest BCUT2D eigenvalue weighted by Crippen LogP contribution is -2.64. The Kier molecular flexibility index (Phi) is 7.76. The van der Waals surface area contributed by atoms with Gasteiger partial charge in [-0.1, -0.05) is 29.8 Å². The lowest BCUT2D eigenvalue weighted by atomic mass is 10.1. The van der Waals surface area contributed by atoms with E-state index in [0.717, 1.165) is 11.3 Å². The van der Waals surface area contributed by atoms with E-state index in [4.69, 9.17) is 16.3 Å². The Labute approximate surface area is 178 Å². The number of amides is 2. The van der Waals surface area contributed by atoms with Crippen molar-refractivity contribution in [1.29, 1.82) is 0 Å². The molecule has 29 heavy (non-hydrogen) atoms. The highest BCUT2D eigenvalue weighted by atomic mass is 35.5. The molecule has 1 fully saturated rings. The molecule has 0 bridgehead atoms. The summed E-state index contributed by atoms with van der Waals surface area (Å²) in [5.74, 6) is 0.688. The van der Waals surface area contributed by atoms with Crippen LogP contribution in [0.4, 0.5) is 5.69 Å². The molecule has 1 saturated heterocycles. The normalized spacial score (nSPS) is 18.8. The first kappa shape index (κ1) is 21.4. The molecule has 2 atom stereocenters. The quantitative estimate of drug-likeness (QED) is 0.510. The van der Waals surface area contributed by atoms with E-state index in [1.807, 2.05) is 31.2 Å². The number of halogens is 1. The fraction of sp³-hybridized carbons (Fsp3) is 0.300. The molecular weight excluding hydrogens is 412 g/mol. The molecule has 3 rings (SSSR count). The Morgan fingerprint density at radius 3 is 2.69 bits per heavy atom. The highest BCUT2D eigenvalue weighted by Crippen LogP contribution is 2.17. The van der Waals surface area contributed by atoms with Crippen LogP contribution in [-0.2, 0) is 16.0 Å². The summed E-state index contributed by atoms with van der Waals surface area (Å²) in [5, 5.41) is 6.20. The molecule has 0 aliphatic carbocycles. The van der Waals surface area contributed by atoms with Gasteiger partial charge in [-0.05, 0) is 49.2 Å². The monoisotopic (exact) mass is 434 g/mol. The zero-order valence-electron chi connectivity index (χ0n) is 15.9. The van der Waals surface area contributed by atoms with Gasteiger partial charge < -0.3 is 15.4 Å². The van der Waals surface area contributed by atoms with E-state index in [9.17, 15) is 9.59 Å². The van der Waals surface area contributed by atoms with Crippen LogP contribution in [0.5, 0.6) is 5.75 Å². The van der Waals surface area contributed by atoms with Gasteiger partial charge in [0.2, 0.25) is 11.8 Å². The lowest BCUT2D eigenvalue weighted by molar-refractivity contribution is -0.125. The molecule has 1 heterocycles. The lowest BCUT2D eigenvalue weighted by Gasteiger charge is -2.31. The average molecular weight is 435 g/mol. The number of carbonyl (C=O) groups excluding carboxylic acids is 2. The van der Waals surface area contributed by atoms with E-state index in [-0.39, 0.29) is 17.6 Å². The molecule has 4 N–H and O–H groups in total. The number of hydrogen-bond donors (Lipinski definition) is 4. The summed E-state index contributed by atoms with van der Waals surface area (Å²) in [4.78, 5) is 24.5. The van der Waals surface area contributed by atoms with E-state index in [1.165, 1.54) is 11.8 Å². The molecular formula is C20H23ClN4O3S. The first-order valence-corrected chi connectivity index (χ1v) is 10.7. The molecule has 2 aromatic carbocycles. The van der Waals surface area contributed by atoms with Crippen molar-refractivity contribution >= 4 is 40.9 Å². The molecule has 0 aromatic heterocycles. The number of anilines is 1. The van der Waals surface area contributed by atoms with Crippen molar-refractivity contribution in [3.05, 3.63) is 59.1 Å². The molecule has 2 aromatic rings. The molecule has 1 aliphatic heterocycles. The third kappa shape index (κ3) is 6.64. The highest BCUT2D eigenvalue weighted by molar-refractivity contribution is 8.00. The Morgan fingerprint density at radius 1 is 1.21 bits per heavy atom. The van der Waals surface area contributed by atoms with Gasteiger partial charge in [0.15, 0.2) is 0 Å². The van der Waals surface area contributed by atoms with Gasteiger partial charge in [0.1, 0.15) is 17.3 Å². The molecule has 0 radical (unpaired) electrons. The molecule has 7 nitrogen and oxygen atoms in total. The van der Waals surface area contributed by atoms with Crippen LogP contribution >= 0.6 is 23.4 Å². The van der Waals surface area contributed by atoms with E-state index in [1.54, 1.807) is 24.3 Å². The largest absolute Gasteiger partial charge is 0.494 e. The average Bonchev–Trinajstić information content (AvgIpc) is 2.70. The van der Waals surface area contributed by atoms with Crippen molar-refractivity contribution in [2.75, 3.05) is 17.7 Å². The van der Waals surface area contributed by atoms with Crippen LogP contribution in [0.25, 0.3) is 0 Å². The topological polar surface area (TPSA) is 91.5 Å². The van der Waals surface area contributed by atoms with E-state index >= 15 is 0 Å². The maximum absolute atomic E-state index is 12.4. The Hall–Kier alpha value is -2.26. The number of thioether (sulfide) groups is 1. The molecule has 154 valence electrons. The second-order valence-electron chi connectivity index (χ2n) is 6.38. The van der Waals surface area contributed by atoms with Gasteiger partial charge in [-0.3, -0.25) is 9.59 Å². The van der Waals surface area contributed by atoms with Crippen molar-refractivity contribution in [3.8, 4) is 5.75 Å². The van der Waals surface area contributed by atoms with Crippen LogP contribution in [-0.4, -0.2) is 35.7 Å². The summed E-state index contributed by atoms with van der Waals surface area (Å²) in [6.07, 6.45) is 0.540. The van der Waals surface area contributed by atoms with E-state index in [0.29, 0.717) is 23.7 Å². The Bertz CT molecular complexity index is 850. The zero-order chi connectivity index (χ0) is 20.6. The van der Waals surface area contributed by atoms with Crippen LogP contribution in [0.3, 0.4) is 0 Å². The number of nitrogens with one attached hydrogen (secondary N) is 4. The molecule has 2 unspecified atom stereocenters. The highest BCUT2D eigenvalue weighted by Gasteiger charge is 2.27. The van der Waals surface area contributed by atoms with Gasteiger partial charge in [-0.25, -0.2) is 10.9 Å². The van der Waals surface area contributed by atoms with Crippen LogP contribution in [0.15, 0.2) is 48.5 Å². The maximum Gasteiger partial charge on any atom is 0.240 e. The summed E-state index contributed by atoms with van der Waals surface area (Å²) < 4.78 is 5.43. The molecule has 0 spiro atoms. The van der Waals surface area contributed by atoms with Crippen LogP contribution in [0, 0.1) is 0 Å². The third-order valence-electron chi connectivity index (χ3n) is 4.14. The number of ether oxygens (including phenoxy) is 1. The SMILES string of the molecule is CCOc1ccc(CC2NNC(SCC(=O)Nc3cccc(Cl)c3)NC2=O)cc1. The minimum Gasteiger partial charge on any atom is -0.494 e. The van der Waals surface area contributed by atoms with Crippen LogP contribution in [0.2, 0.25) is 5.02 Å². The smallest absolute Gasteiger partial charge is 0.240 e. The Balaban J connectivity index is 1.42. The van der Waals surface area contributed by atoms with Gasteiger partial charge >= 0.3 is 0 Å². The van der Waals surface area contributed by atoms with Crippen LogP contribution < -0.4 is 26.2 Å². The fourth-order valence-corrected chi connectivity index (χ4v) is 3.71. The predicted molar refractivity (Wildman–Crippen MR) is 116 cm³/mol. The summed E-state index contributed by atoms with van der Waals surface area (Å²) in [6, 6.07) is 14.2. The van der Waals surface area contributed by atoms with Gasteiger partial charge in [0.05, 0.1) is 12.4 Å². The minimum absolute atomic E-state index is 0.120. The van der Waals surface area contributed by atoms with Gasteiger partial charge in [0, 0.05) is 10.7 Å². The summed E-state index contributed by atoms with van der Waals surface area (Å²) in [6.45, 7) is 2.55. The standard InChI is InChI=1S/C20H23ClN4O3S/c1-2-28-16-8-6-13(7-9-16)10-17-19(27)23-20(25-24-17)29-12-18(26)22-15-5-3-4-14(21)11-15/h3-9,11,17,20,24-25H,2,10,12H2,1H3,(H,22,26)(H,23,27). The van der Waals surface area contributed by atoms with Gasteiger partial charge in [-0.2, -0.15) is 0 Å². The third-order valence-corrected chi connectivity index (χ3v) is 5.38. The minimum atomic E-state index is -0.399. The Morgan fingerprint density at radius 2 is 2.00 bits per heavy atom. The number of hydrogen-bond acceptors (Lipinski definition) is 6. The molecule has 2 amide bonds. The van der Waals surface area contributed by atoms with Crippen molar-refractivity contribution in [2.45, 2.75) is 24.9 Å². The van der Waals surface area contributed by atoms with Gasteiger partial charge in [-0.15, -0.1) is 11.8 Å². The van der Waals surface area contributed by atoms with Crippen LogP contribution in [0.1, 0.15) is 12.5 Å². The van der Waals surface area contributed by atoms with Crippen molar-refractivity contribution in [2.24, 2.45) is 0 Å².